The zero-order chi connectivity index (χ0) is 19.9. The maximum Gasteiger partial charge on any atom is 0.224 e. The Morgan fingerprint density at radius 2 is 1.79 bits per heavy atom. The van der Waals surface area contributed by atoms with Gasteiger partial charge in [0.25, 0.3) is 0 Å². The van der Waals surface area contributed by atoms with Crippen molar-refractivity contribution in [3.63, 3.8) is 0 Å². The van der Waals surface area contributed by atoms with Crippen molar-refractivity contribution in [2.75, 3.05) is 26.2 Å². The summed E-state index contributed by atoms with van der Waals surface area (Å²) in [5.41, 5.74) is 2.45. The molecule has 2 aliphatic rings. The molecule has 1 atom stereocenters. The van der Waals surface area contributed by atoms with Gasteiger partial charge in [-0.25, -0.2) is 0 Å². The Labute approximate surface area is 174 Å². The molecule has 2 saturated heterocycles. The minimum absolute atomic E-state index is 0.114. The van der Waals surface area contributed by atoms with Gasteiger partial charge >= 0.3 is 0 Å². The van der Waals surface area contributed by atoms with Crippen molar-refractivity contribution in [2.45, 2.75) is 44.8 Å². The maximum absolute atomic E-state index is 12.7. The molecule has 2 aliphatic heterocycles. The van der Waals surface area contributed by atoms with Crippen LogP contribution >= 0.6 is 0 Å². The Kier molecular flexibility index (Phi) is 6.91. The molecule has 3 heterocycles. The van der Waals surface area contributed by atoms with E-state index in [1.54, 1.807) is 6.20 Å². The molecular weight excluding hydrogens is 360 g/mol. The zero-order valence-electron chi connectivity index (χ0n) is 17.2. The van der Waals surface area contributed by atoms with Crippen molar-refractivity contribution in [1.82, 2.24) is 20.1 Å². The molecule has 1 aromatic heterocycles. The van der Waals surface area contributed by atoms with E-state index in [1.165, 1.54) is 18.4 Å². The Bertz CT molecular complexity index is 759. The van der Waals surface area contributed by atoms with Crippen LogP contribution < -0.4 is 5.32 Å². The fourth-order valence-electron chi connectivity index (χ4n) is 4.67. The molecule has 0 unspecified atom stereocenters. The smallest absolute Gasteiger partial charge is 0.224 e. The van der Waals surface area contributed by atoms with Gasteiger partial charge in [0.1, 0.15) is 0 Å². The van der Waals surface area contributed by atoms with Gasteiger partial charge in [0.15, 0.2) is 0 Å². The third-order valence-corrected chi connectivity index (χ3v) is 6.34. The van der Waals surface area contributed by atoms with Crippen molar-refractivity contribution in [3.05, 3.63) is 66.0 Å². The molecule has 2 aromatic rings. The van der Waals surface area contributed by atoms with Crippen LogP contribution in [0.4, 0.5) is 0 Å². The summed E-state index contributed by atoms with van der Waals surface area (Å²) in [6.45, 7) is 5.95. The summed E-state index contributed by atoms with van der Waals surface area (Å²) in [5, 5.41) is 3.11. The number of rotatable bonds is 6. The van der Waals surface area contributed by atoms with E-state index in [4.69, 9.17) is 0 Å². The van der Waals surface area contributed by atoms with Gasteiger partial charge in [-0.1, -0.05) is 36.4 Å². The van der Waals surface area contributed by atoms with Gasteiger partial charge in [0.2, 0.25) is 5.91 Å². The van der Waals surface area contributed by atoms with Crippen LogP contribution in [0.1, 0.15) is 36.8 Å². The van der Waals surface area contributed by atoms with Crippen LogP contribution in [0.2, 0.25) is 0 Å². The molecule has 4 rings (SSSR count). The molecule has 1 N–H and O–H groups in total. The molecular formula is C24H32N4O. The summed E-state index contributed by atoms with van der Waals surface area (Å²) in [4.78, 5) is 22.0. The molecule has 2 fully saturated rings. The largest absolute Gasteiger partial charge is 0.352 e. The monoisotopic (exact) mass is 392 g/mol. The highest BCUT2D eigenvalue weighted by atomic mass is 16.1. The SMILES string of the molecule is O=C(NCc1cccnc1)[C@H]1CCCN(C2CCN(Cc3ccccc3)CC2)C1. The molecule has 154 valence electrons. The van der Waals surface area contributed by atoms with Crippen LogP contribution in [-0.2, 0) is 17.9 Å². The zero-order valence-corrected chi connectivity index (χ0v) is 17.2. The fourth-order valence-corrected chi connectivity index (χ4v) is 4.67. The number of aromatic nitrogens is 1. The summed E-state index contributed by atoms with van der Waals surface area (Å²) >= 11 is 0. The number of hydrogen-bond donors (Lipinski definition) is 1. The number of nitrogens with zero attached hydrogens (tertiary/aromatic N) is 3. The normalized spacial score (nSPS) is 21.7. The number of carbonyl (C=O) groups is 1. The molecule has 0 aliphatic carbocycles. The van der Waals surface area contributed by atoms with Crippen LogP contribution in [0.15, 0.2) is 54.9 Å². The molecule has 0 saturated carbocycles. The number of carbonyl (C=O) groups excluding carboxylic acids is 1. The highest BCUT2D eigenvalue weighted by Crippen LogP contribution is 2.24. The second-order valence-corrected chi connectivity index (χ2v) is 8.41. The minimum atomic E-state index is 0.114. The van der Waals surface area contributed by atoms with Gasteiger partial charge in [0, 0.05) is 38.1 Å². The van der Waals surface area contributed by atoms with Crippen molar-refractivity contribution < 1.29 is 4.79 Å². The Morgan fingerprint density at radius 3 is 2.55 bits per heavy atom. The van der Waals surface area contributed by atoms with Crippen LogP contribution in [0.5, 0.6) is 0 Å². The van der Waals surface area contributed by atoms with E-state index in [1.807, 2.05) is 18.3 Å². The topological polar surface area (TPSA) is 48.5 Å². The molecule has 1 amide bonds. The summed E-state index contributed by atoms with van der Waals surface area (Å²) in [6, 6.07) is 15.3. The first-order chi connectivity index (χ1) is 14.3. The van der Waals surface area contributed by atoms with Gasteiger partial charge in [0.05, 0.1) is 5.92 Å². The van der Waals surface area contributed by atoms with E-state index >= 15 is 0 Å². The predicted molar refractivity (Wildman–Crippen MR) is 115 cm³/mol. The number of hydrogen-bond acceptors (Lipinski definition) is 4. The van der Waals surface area contributed by atoms with E-state index in [0.717, 1.165) is 51.1 Å². The number of likely N-dealkylation sites (tertiary alicyclic amines) is 2. The Hall–Kier alpha value is -2.24. The van der Waals surface area contributed by atoms with Gasteiger partial charge in [-0.15, -0.1) is 0 Å². The summed E-state index contributed by atoms with van der Waals surface area (Å²) in [6.07, 6.45) is 8.11. The lowest BCUT2D eigenvalue weighted by Crippen LogP contribution is -2.50. The van der Waals surface area contributed by atoms with E-state index in [-0.39, 0.29) is 11.8 Å². The highest BCUT2D eigenvalue weighted by Gasteiger charge is 2.31. The van der Waals surface area contributed by atoms with E-state index in [2.05, 4.69) is 50.4 Å². The Balaban J connectivity index is 1.23. The summed E-state index contributed by atoms with van der Waals surface area (Å²) < 4.78 is 0. The molecule has 0 bridgehead atoms. The Morgan fingerprint density at radius 1 is 1.00 bits per heavy atom. The van der Waals surface area contributed by atoms with Crippen molar-refractivity contribution in [3.8, 4) is 0 Å². The van der Waals surface area contributed by atoms with Gasteiger partial charge < -0.3 is 5.32 Å². The summed E-state index contributed by atoms with van der Waals surface area (Å²) in [5.74, 6) is 0.308. The average molecular weight is 393 g/mol. The molecule has 0 radical (unpaired) electrons. The predicted octanol–water partition coefficient (Wildman–Crippen LogP) is 3.07. The number of pyridine rings is 1. The van der Waals surface area contributed by atoms with Crippen LogP contribution in [0, 0.1) is 5.92 Å². The lowest BCUT2D eigenvalue weighted by atomic mass is 9.93. The third kappa shape index (κ3) is 5.64. The standard InChI is InChI=1S/C24H32N4O/c29-24(26-17-21-8-4-12-25-16-21)22-9-5-13-28(19-22)23-10-14-27(15-11-23)18-20-6-2-1-3-7-20/h1-4,6-8,12,16,22-23H,5,9-11,13-15,17-19H2,(H,26,29)/t22-/m0/s1. The molecule has 29 heavy (non-hydrogen) atoms. The maximum atomic E-state index is 12.7. The molecule has 0 spiro atoms. The minimum Gasteiger partial charge on any atom is -0.352 e. The van der Waals surface area contributed by atoms with Crippen molar-refractivity contribution in [2.24, 2.45) is 5.92 Å². The third-order valence-electron chi connectivity index (χ3n) is 6.34. The molecule has 1 aromatic carbocycles. The van der Waals surface area contributed by atoms with Crippen LogP contribution in [-0.4, -0.2) is 52.9 Å². The lowest BCUT2D eigenvalue weighted by molar-refractivity contribution is -0.127. The van der Waals surface area contributed by atoms with Crippen molar-refractivity contribution >= 4 is 5.91 Å². The second kappa shape index (κ2) is 9.99. The lowest BCUT2D eigenvalue weighted by Gasteiger charge is -2.42. The molecule has 5 heteroatoms. The summed E-state index contributed by atoms with van der Waals surface area (Å²) in [7, 11) is 0. The molecule has 5 nitrogen and oxygen atoms in total. The number of benzene rings is 1. The van der Waals surface area contributed by atoms with E-state index in [0.29, 0.717) is 12.6 Å². The first-order valence-electron chi connectivity index (χ1n) is 10.9. The highest BCUT2D eigenvalue weighted by molar-refractivity contribution is 5.78. The van der Waals surface area contributed by atoms with Crippen LogP contribution in [0.3, 0.4) is 0 Å². The number of nitrogens with one attached hydrogen (secondary N) is 1. The van der Waals surface area contributed by atoms with E-state index < -0.39 is 0 Å². The van der Waals surface area contributed by atoms with Gasteiger partial charge in [-0.2, -0.15) is 0 Å². The first-order valence-corrected chi connectivity index (χ1v) is 10.9. The number of piperidine rings is 2. The fraction of sp³-hybridized carbons (Fsp3) is 0.500. The first kappa shape index (κ1) is 20.0. The van der Waals surface area contributed by atoms with E-state index in [9.17, 15) is 4.79 Å². The number of amides is 1. The van der Waals surface area contributed by atoms with Gasteiger partial charge in [-0.3, -0.25) is 19.6 Å². The van der Waals surface area contributed by atoms with Crippen molar-refractivity contribution in [1.29, 1.82) is 0 Å². The second-order valence-electron chi connectivity index (χ2n) is 8.41. The average Bonchev–Trinajstić information content (AvgIpc) is 2.79. The van der Waals surface area contributed by atoms with Gasteiger partial charge in [-0.05, 0) is 62.5 Å². The quantitative estimate of drug-likeness (QED) is 0.821. The van der Waals surface area contributed by atoms with Crippen LogP contribution in [0.25, 0.3) is 0 Å².